The maximum atomic E-state index is 16.2. The number of benzene rings is 3. The Morgan fingerprint density at radius 2 is 1.41 bits per heavy atom. The minimum Gasteiger partial charge on any atom is -0.481 e. The topological polar surface area (TPSA) is 277 Å². The number of carboxylic acids is 1. The van der Waals surface area contributed by atoms with Crippen LogP contribution in [0.3, 0.4) is 0 Å². The predicted octanol–water partition coefficient (Wildman–Crippen LogP) is 5.11. The van der Waals surface area contributed by atoms with Crippen molar-refractivity contribution in [2.75, 3.05) is 13.2 Å². The van der Waals surface area contributed by atoms with Gasteiger partial charge in [0.25, 0.3) is 5.91 Å². The molecule has 3 fully saturated rings. The number of amides is 2. The van der Waals surface area contributed by atoms with Gasteiger partial charge in [-0.1, -0.05) is 87.0 Å². The molecule has 2 bridgehead atoms. The van der Waals surface area contributed by atoms with Gasteiger partial charge in [-0.2, -0.15) is 0 Å². The van der Waals surface area contributed by atoms with Crippen LogP contribution in [0.5, 0.6) is 0 Å². The molecular weight excluding hydrogens is 949 g/mol. The first-order chi connectivity index (χ1) is 34.6. The molecule has 3 unspecified atom stereocenters. The van der Waals surface area contributed by atoms with E-state index in [9.17, 15) is 43.8 Å². The number of aliphatic carboxylic acids is 1. The fraction of sp³-hybridized carbons (Fsp3) is 0.481. The Hall–Kier alpha value is -6.96. The van der Waals surface area contributed by atoms with Crippen molar-refractivity contribution < 1.29 is 82.1 Å². The van der Waals surface area contributed by atoms with Crippen LogP contribution >= 0.6 is 0 Å². The van der Waals surface area contributed by atoms with E-state index >= 15 is 4.79 Å². The number of aliphatic hydroxyl groups excluding tert-OH is 1. The summed E-state index contributed by atoms with van der Waals surface area (Å²) in [7, 11) is 0. The van der Waals surface area contributed by atoms with Gasteiger partial charge in [-0.3, -0.25) is 24.0 Å². The van der Waals surface area contributed by atoms with Crippen LogP contribution in [0.25, 0.3) is 0 Å². The van der Waals surface area contributed by atoms with Gasteiger partial charge in [0.2, 0.25) is 0 Å². The van der Waals surface area contributed by atoms with E-state index in [-0.39, 0.29) is 41.7 Å². The van der Waals surface area contributed by atoms with Gasteiger partial charge in [-0.25, -0.2) is 14.4 Å². The average Bonchev–Trinajstić information content (AvgIpc) is 3.35. The number of carboxylic acid groups (broad SMARTS) is 1. The molecule has 0 radical (unpaired) electrons. The van der Waals surface area contributed by atoms with Crippen LogP contribution in [0.4, 0.5) is 4.79 Å². The van der Waals surface area contributed by atoms with Gasteiger partial charge >= 0.3 is 35.9 Å². The Morgan fingerprint density at radius 1 is 0.795 bits per heavy atom. The molecule has 19 heteroatoms. The highest BCUT2D eigenvalue weighted by molar-refractivity contribution is 5.96. The number of hydrogen-bond acceptors (Lipinski definition) is 16. The maximum absolute atomic E-state index is 16.2. The summed E-state index contributed by atoms with van der Waals surface area (Å²) < 4.78 is 37.1. The van der Waals surface area contributed by atoms with Crippen molar-refractivity contribution in [2.24, 2.45) is 16.7 Å². The van der Waals surface area contributed by atoms with Crippen LogP contribution in [0.2, 0.25) is 0 Å². The number of ether oxygens (including phenoxy) is 6. The monoisotopic (exact) mass is 1010 g/mol. The maximum Gasteiger partial charge on any atom is 0.407 e. The van der Waals surface area contributed by atoms with E-state index in [2.05, 4.69) is 10.6 Å². The number of carbonyl (C=O) groups is 8. The number of alkyl carbamates (subject to hydrolysis) is 1. The normalized spacial score (nSPS) is 28.6. The van der Waals surface area contributed by atoms with Gasteiger partial charge in [0.15, 0.2) is 23.6 Å². The fourth-order valence-corrected chi connectivity index (χ4v) is 11.3. The molecule has 390 valence electrons. The lowest BCUT2D eigenvalue weighted by Gasteiger charge is -2.67. The smallest absolute Gasteiger partial charge is 0.407 e. The van der Waals surface area contributed by atoms with Crippen molar-refractivity contribution in [2.45, 2.75) is 134 Å². The summed E-state index contributed by atoms with van der Waals surface area (Å²) in [4.78, 5) is 110. The molecule has 3 aliphatic carbocycles. The molecule has 1 heterocycles. The summed E-state index contributed by atoms with van der Waals surface area (Å²) in [6, 6.07) is 22.6. The molecule has 3 aromatic rings. The molecular formula is C54H62N2O17. The van der Waals surface area contributed by atoms with Crippen LogP contribution in [0, 0.1) is 16.7 Å². The predicted molar refractivity (Wildman–Crippen MR) is 256 cm³/mol. The first-order valence-electron chi connectivity index (χ1n) is 24.2. The molecule has 19 nitrogen and oxygen atoms in total. The first kappa shape index (κ1) is 53.8. The summed E-state index contributed by atoms with van der Waals surface area (Å²) >= 11 is 0. The molecule has 11 atom stereocenters. The standard InChI is InChI=1S/C54H62N2O17/c1-30-36(70-49(65)42(61)41(33-19-11-7-12-20-33)56-47(63)34-21-13-8-14-22-34)28-54(67)46(72-48(64)35-23-15-9-16-24-35)44-52(6,45(62)43(69-31(2)57)40(30)51(54,4)5)37(27-38-53(44,29-68-38)73-32(3)58)71-50(66)55-26-18-10-17-25-39(59)60/h7-9,11-16,19-24,36-38,41-44,46,61,67H,10,17-18,25-29H2,1-6H3,(H,55,66)(H,56,63)(H,59,60)/t36-,37-,38?,41-,42+,43?,44?,46-,52+,53-,54+/m0/s1. The van der Waals surface area contributed by atoms with Gasteiger partial charge in [0, 0.05) is 50.6 Å². The van der Waals surface area contributed by atoms with Gasteiger partial charge < -0.3 is 54.4 Å². The molecule has 5 N–H and O–H groups in total. The summed E-state index contributed by atoms with van der Waals surface area (Å²) in [5.41, 5.74) is -7.70. The van der Waals surface area contributed by atoms with E-state index in [4.69, 9.17) is 33.5 Å². The number of fused-ring (bicyclic) bond motifs is 5. The van der Waals surface area contributed by atoms with Crippen LogP contribution < -0.4 is 10.6 Å². The molecule has 4 aliphatic rings. The number of nitrogens with one attached hydrogen (secondary N) is 2. The van der Waals surface area contributed by atoms with Crippen molar-refractivity contribution in [1.29, 1.82) is 0 Å². The summed E-state index contributed by atoms with van der Waals surface area (Å²) in [5, 5.41) is 40.3. The molecule has 7 rings (SSSR count). The lowest BCUT2D eigenvalue weighted by atomic mass is 9.44. The second-order valence-electron chi connectivity index (χ2n) is 19.9. The third kappa shape index (κ3) is 10.5. The SMILES string of the molecule is CC(=O)OC1C(=O)[C@@]2(C)C([C@H](OC(=O)c3ccccc3)[C@]3(O)C[C@H](OC(=O)[C@H](O)[C@@H](NC(=O)c4ccccc4)c4ccccc4)C(C)=C1C3(C)C)[C@]1(OC(C)=O)COC1C[C@@H]2OC(=O)NCCCCCC(=O)O. The molecule has 0 aromatic heterocycles. The first-order valence-corrected chi connectivity index (χ1v) is 24.2. The van der Waals surface area contributed by atoms with Crippen molar-refractivity contribution in [3.63, 3.8) is 0 Å². The van der Waals surface area contributed by atoms with Crippen molar-refractivity contribution in [3.8, 4) is 0 Å². The Balaban J connectivity index is 1.37. The fourth-order valence-electron chi connectivity index (χ4n) is 11.3. The van der Waals surface area contributed by atoms with Crippen LogP contribution in [-0.2, 0) is 52.4 Å². The third-order valence-electron chi connectivity index (χ3n) is 15.0. The van der Waals surface area contributed by atoms with Crippen LogP contribution in [0.1, 0.15) is 112 Å². The quantitative estimate of drug-likeness (QED) is 0.0508. The van der Waals surface area contributed by atoms with E-state index in [1.165, 1.54) is 39.8 Å². The number of unbranched alkanes of at least 4 members (excludes halogenated alkanes) is 2. The minimum absolute atomic E-state index is 0.0180. The summed E-state index contributed by atoms with van der Waals surface area (Å²) in [5.74, 6) is -8.22. The second-order valence-corrected chi connectivity index (χ2v) is 19.9. The lowest BCUT2D eigenvalue weighted by Crippen LogP contribution is -2.82. The van der Waals surface area contributed by atoms with E-state index in [1.54, 1.807) is 78.9 Å². The number of hydrogen-bond donors (Lipinski definition) is 5. The molecule has 3 aromatic carbocycles. The summed E-state index contributed by atoms with van der Waals surface area (Å²) in [6.07, 6.45) is -10.9. The van der Waals surface area contributed by atoms with E-state index < -0.39 is 131 Å². The average molecular weight is 1010 g/mol. The number of rotatable bonds is 17. The van der Waals surface area contributed by atoms with Crippen molar-refractivity contribution in [3.05, 3.63) is 119 Å². The van der Waals surface area contributed by atoms with E-state index in [0.29, 0.717) is 24.8 Å². The highest BCUT2D eigenvalue weighted by Crippen LogP contribution is 2.65. The van der Waals surface area contributed by atoms with E-state index in [1.807, 2.05) is 0 Å². The Labute approximate surface area is 421 Å². The number of esters is 4. The van der Waals surface area contributed by atoms with Gasteiger partial charge in [-0.15, -0.1) is 0 Å². The molecule has 2 amide bonds. The number of carbonyl (C=O) groups excluding carboxylic acids is 7. The van der Waals surface area contributed by atoms with E-state index in [0.717, 1.165) is 13.8 Å². The highest BCUT2D eigenvalue weighted by atomic mass is 16.6. The number of ketones is 1. The van der Waals surface area contributed by atoms with Crippen LogP contribution in [0.15, 0.2) is 102 Å². The molecule has 2 saturated carbocycles. The van der Waals surface area contributed by atoms with Gasteiger partial charge in [0.05, 0.1) is 29.5 Å². The number of aliphatic hydroxyl groups is 2. The summed E-state index contributed by atoms with van der Waals surface area (Å²) in [6.45, 7) is 7.82. The van der Waals surface area contributed by atoms with Gasteiger partial charge in [0.1, 0.15) is 30.0 Å². The minimum atomic E-state index is -2.50. The molecule has 1 aliphatic heterocycles. The zero-order chi connectivity index (χ0) is 53.0. The second kappa shape index (κ2) is 21.6. The third-order valence-corrected chi connectivity index (χ3v) is 15.0. The highest BCUT2D eigenvalue weighted by Gasteiger charge is 2.79. The van der Waals surface area contributed by atoms with Gasteiger partial charge in [-0.05, 0) is 67.7 Å². The lowest BCUT2D eigenvalue weighted by molar-refractivity contribution is -0.345. The zero-order valence-corrected chi connectivity index (χ0v) is 41.5. The Bertz CT molecular complexity index is 2620. The zero-order valence-electron chi connectivity index (χ0n) is 41.5. The largest absolute Gasteiger partial charge is 0.481 e. The van der Waals surface area contributed by atoms with Crippen molar-refractivity contribution in [1.82, 2.24) is 10.6 Å². The Morgan fingerprint density at radius 3 is 1.99 bits per heavy atom. The Kier molecular flexibility index (Phi) is 16.0. The molecule has 73 heavy (non-hydrogen) atoms. The molecule has 1 saturated heterocycles. The van der Waals surface area contributed by atoms with Crippen LogP contribution in [-0.4, -0.2) is 124 Å². The van der Waals surface area contributed by atoms with Crippen molar-refractivity contribution >= 4 is 47.6 Å². The number of Topliss-reactive ketones (excluding diaryl/α,β-unsaturated/α-hetero) is 1. The molecule has 0 spiro atoms.